The number of hydrogen-bond donors (Lipinski definition) is 0. The summed E-state index contributed by atoms with van der Waals surface area (Å²) in [5.41, 5.74) is 1.67. The average Bonchev–Trinajstić information content (AvgIpc) is 3.10. The van der Waals surface area contributed by atoms with E-state index in [9.17, 15) is 8.42 Å². The first-order chi connectivity index (χ1) is 9.38. The fraction of sp³-hybridized carbons (Fsp3) is 0.333. The minimum atomic E-state index is -3.91. The number of benzene rings is 1. The summed E-state index contributed by atoms with van der Waals surface area (Å²) < 4.78 is 24.7. The summed E-state index contributed by atoms with van der Waals surface area (Å²) in [4.78, 5) is 0. The molecule has 1 aliphatic carbocycles. The Bertz CT molecular complexity index is 782. The largest absolute Gasteiger partial charge is 0.296 e. The summed E-state index contributed by atoms with van der Waals surface area (Å²) >= 11 is 6.00. The molecule has 1 heterocycles. The molecule has 20 heavy (non-hydrogen) atoms. The van der Waals surface area contributed by atoms with E-state index in [0.29, 0.717) is 10.8 Å². The molecular weight excluding hydrogens is 321 g/mol. The molecule has 0 radical (unpaired) electrons. The van der Waals surface area contributed by atoms with Gasteiger partial charge in [-0.2, -0.15) is 0 Å². The normalized spacial score (nSPS) is 15.6. The van der Waals surface area contributed by atoms with Crippen molar-refractivity contribution in [1.82, 2.24) is 14.8 Å². The van der Waals surface area contributed by atoms with E-state index in [-0.39, 0.29) is 11.2 Å². The van der Waals surface area contributed by atoms with Gasteiger partial charge >= 0.3 is 0 Å². The lowest BCUT2D eigenvalue weighted by Gasteiger charge is -2.08. The Hall–Kier alpha value is -1.11. The molecular formula is C12H11Cl2N3O2S. The molecule has 0 bridgehead atoms. The van der Waals surface area contributed by atoms with Crippen LogP contribution in [0.1, 0.15) is 24.4 Å². The van der Waals surface area contributed by atoms with E-state index >= 15 is 0 Å². The number of hydrogen-bond acceptors (Lipinski definition) is 4. The second-order valence-corrected chi connectivity index (χ2v) is 7.68. The molecule has 0 unspecified atom stereocenters. The van der Waals surface area contributed by atoms with E-state index in [4.69, 9.17) is 22.3 Å². The van der Waals surface area contributed by atoms with Gasteiger partial charge in [0.25, 0.3) is 14.2 Å². The average molecular weight is 332 g/mol. The van der Waals surface area contributed by atoms with Crippen molar-refractivity contribution in [3.63, 3.8) is 0 Å². The molecule has 1 aliphatic rings. The van der Waals surface area contributed by atoms with Crippen LogP contribution in [0, 0.1) is 6.92 Å². The van der Waals surface area contributed by atoms with Crippen LogP contribution in [-0.4, -0.2) is 23.2 Å². The fourth-order valence-corrected chi connectivity index (χ4v) is 3.13. The predicted molar refractivity (Wildman–Crippen MR) is 76.5 cm³/mol. The minimum Gasteiger partial charge on any atom is -0.294 e. The second kappa shape index (κ2) is 4.72. The Morgan fingerprint density at radius 3 is 2.55 bits per heavy atom. The lowest BCUT2D eigenvalue weighted by atomic mass is 10.1. The number of nitrogens with zero attached hydrogens (tertiary/aromatic N) is 3. The number of halogens is 2. The zero-order valence-electron chi connectivity index (χ0n) is 10.5. The van der Waals surface area contributed by atoms with Crippen molar-refractivity contribution in [2.24, 2.45) is 0 Å². The number of aromatic nitrogens is 3. The van der Waals surface area contributed by atoms with Crippen molar-refractivity contribution >= 4 is 31.3 Å². The maximum Gasteiger partial charge on any atom is 0.296 e. The molecule has 106 valence electrons. The van der Waals surface area contributed by atoms with Gasteiger partial charge in [-0.05, 0) is 43.5 Å². The smallest absolute Gasteiger partial charge is 0.294 e. The standard InChI is InChI=1S/C12H11Cl2N3O2S/c1-7-6-8(2-5-10(7)13)11-15-16-12(20(14,18)19)17(11)9-3-4-9/h2,5-6,9H,3-4H2,1H3. The number of rotatable bonds is 3. The summed E-state index contributed by atoms with van der Waals surface area (Å²) in [6.07, 6.45) is 1.80. The molecule has 1 fully saturated rings. The van der Waals surface area contributed by atoms with Crippen LogP contribution in [0.25, 0.3) is 11.4 Å². The van der Waals surface area contributed by atoms with Gasteiger partial charge in [0.05, 0.1) is 0 Å². The third kappa shape index (κ3) is 2.43. The van der Waals surface area contributed by atoms with Crippen LogP contribution in [0.5, 0.6) is 0 Å². The first-order valence-corrected chi connectivity index (χ1v) is 8.73. The van der Waals surface area contributed by atoms with Crippen molar-refractivity contribution in [2.75, 3.05) is 0 Å². The highest BCUT2D eigenvalue weighted by Crippen LogP contribution is 2.40. The van der Waals surface area contributed by atoms with Gasteiger partial charge in [-0.3, -0.25) is 4.57 Å². The molecule has 0 saturated heterocycles. The van der Waals surface area contributed by atoms with E-state index < -0.39 is 9.05 Å². The third-order valence-electron chi connectivity index (χ3n) is 3.21. The van der Waals surface area contributed by atoms with Crippen molar-refractivity contribution in [2.45, 2.75) is 31.0 Å². The van der Waals surface area contributed by atoms with Crippen LogP contribution in [0.3, 0.4) is 0 Å². The SMILES string of the molecule is Cc1cc(-c2nnc(S(=O)(=O)Cl)n2C2CC2)ccc1Cl. The van der Waals surface area contributed by atoms with E-state index in [1.165, 1.54) is 0 Å². The van der Waals surface area contributed by atoms with Crippen LogP contribution in [0.15, 0.2) is 23.4 Å². The summed E-state index contributed by atoms with van der Waals surface area (Å²) in [5, 5.41) is 8.19. The second-order valence-electron chi connectivity index (χ2n) is 4.81. The van der Waals surface area contributed by atoms with E-state index in [2.05, 4.69) is 10.2 Å². The van der Waals surface area contributed by atoms with Gasteiger partial charge in [0, 0.05) is 27.3 Å². The van der Waals surface area contributed by atoms with Gasteiger partial charge in [-0.15, -0.1) is 10.2 Å². The first kappa shape index (κ1) is 13.9. The molecule has 2 aromatic rings. The van der Waals surface area contributed by atoms with Crippen molar-refractivity contribution in [3.8, 4) is 11.4 Å². The monoisotopic (exact) mass is 331 g/mol. The van der Waals surface area contributed by atoms with Crippen LogP contribution in [-0.2, 0) is 9.05 Å². The zero-order chi connectivity index (χ0) is 14.5. The van der Waals surface area contributed by atoms with Crippen LogP contribution in [0.4, 0.5) is 0 Å². The zero-order valence-corrected chi connectivity index (χ0v) is 12.9. The van der Waals surface area contributed by atoms with Crippen molar-refractivity contribution < 1.29 is 8.42 Å². The lowest BCUT2D eigenvalue weighted by molar-refractivity contribution is 0.579. The lowest BCUT2D eigenvalue weighted by Crippen LogP contribution is -2.06. The molecule has 0 spiro atoms. The minimum absolute atomic E-state index is 0.0968. The molecule has 5 nitrogen and oxygen atoms in total. The molecule has 3 rings (SSSR count). The molecule has 0 N–H and O–H groups in total. The summed E-state index contributed by atoms with van der Waals surface area (Å²) in [5.74, 6) is 0.506. The third-order valence-corrected chi connectivity index (χ3v) is 4.76. The van der Waals surface area contributed by atoms with Gasteiger partial charge in [-0.25, -0.2) is 8.42 Å². The summed E-state index contributed by atoms with van der Waals surface area (Å²) in [6, 6.07) is 5.51. The van der Waals surface area contributed by atoms with Gasteiger partial charge in [0.1, 0.15) is 0 Å². The first-order valence-electron chi connectivity index (χ1n) is 6.04. The molecule has 1 aromatic carbocycles. The highest BCUT2D eigenvalue weighted by atomic mass is 35.7. The molecule has 0 aliphatic heterocycles. The van der Waals surface area contributed by atoms with Crippen LogP contribution >= 0.6 is 22.3 Å². The fourth-order valence-electron chi connectivity index (χ4n) is 2.09. The highest BCUT2D eigenvalue weighted by molar-refractivity contribution is 8.13. The summed E-state index contributed by atoms with van der Waals surface area (Å²) in [6.45, 7) is 1.88. The van der Waals surface area contributed by atoms with E-state index in [1.807, 2.05) is 13.0 Å². The van der Waals surface area contributed by atoms with Gasteiger partial charge in [0.15, 0.2) is 5.82 Å². The molecule has 8 heteroatoms. The van der Waals surface area contributed by atoms with Gasteiger partial charge in [-0.1, -0.05) is 11.6 Å². The van der Waals surface area contributed by atoms with Crippen LogP contribution < -0.4 is 0 Å². The topological polar surface area (TPSA) is 64.8 Å². The molecule has 0 atom stereocenters. The molecule has 1 saturated carbocycles. The van der Waals surface area contributed by atoms with Crippen molar-refractivity contribution in [1.29, 1.82) is 0 Å². The Balaban J connectivity index is 2.19. The predicted octanol–water partition coefficient (Wildman–Crippen LogP) is 3.17. The van der Waals surface area contributed by atoms with Crippen molar-refractivity contribution in [3.05, 3.63) is 28.8 Å². The maximum absolute atomic E-state index is 11.6. The van der Waals surface area contributed by atoms with E-state index in [1.54, 1.807) is 16.7 Å². The Morgan fingerprint density at radius 2 is 2.00 bits per heavy atom. The highest BCUT2D eigenvalue weighted by Gasteiger charge is 2.34. The summed E-state index contributed by atoms with van der Waals surface area (Å²) in [7, 11) is 1.51. The Labute approximate surface area is 126 Å². The van der Waals surface area contributed by atoms with Gasteiger partial charge < -0.3 is 0 Å². The molecule has 1 aromatic heterocycles. The van der Waals surface area contributed by atoms with E-state index in [0.717, 1.165) is 24.0 Å². The Kier molecular flexibility index (Phi) is 3.27. The van der Waals surface area contributed by atoms with Crippen LogP contribution in [0.2, 0.25) is 5.02 Å². The maximum atomic E-state index is 11.6. The Morgan fingerprint density at radius 1 is 1.30 bits per heavy atom. The van der Waals surface area contributed by atoms with Gasteiger partial charge in [0.2, 0.25) is 0 Å². The number of aryl methyl sites for hydroxylation is 1. The quantitative estimate of drug-likeness (QED) is 0.810. The molecule has 0 amide bonds.